The summed E-state index contributed by atoms with van der Waals surface area (Å²) < 4.78 is 14.4. The number of benzene rings is 1. The van der Waals surface area contributed by atoms with Gasteiger partial charge < -0.3 is 5.73 Å². The number of nitrogens with two attached hydrogens (primary N) is 1. The van der Waals surface area contributed by atoms with Crippen molar-refractivity contribution in [2.45, 2.75) is 13.0 Å². The summed E-state index contributed by atoms with van der Waals surface area (Å²) in [7, 11) is 0. The minimum absolute atomic E-state index is 0.254. The lowest BCUT2D eigenvalue weighted by Gasteiger charge is -1.99. The SMILES string of the molecule is N#CCCn1cc(C(N)=O)c(-c2ccc(F)cc2)n1. The molecule has 2 N–H and O–H groups in total. The Kier molecular flexibility index (Phi) is 3.57. The second-order valence-corrected chi connectivity index (χ2v) is 3.93. The first-order valence-electron chi connectivity index (χ1n) is 5.62. The lowest BCUT2D eigenvalue weighted by atomic mass is 10.1. The quantitative estimate of drug-likeness (QED) is 0.905. The summed E-state index contributed by atoms with van der Waals surface area (Å²) in [5.41, 5.74) is 6.54. The molecule has 0 atom stereocenters. The fourth-order valence-electron chi connectivity index (χ4n) is 1.70. The van der Waals surface area contributed by atoms with Gasteiger partial charge in [-0.05, 0) is 24.3 Å². The van der Waals surface area contributed by atoms with E-state index in [-0.39, 0.29) is 17.8 Å². The van der Waals surface area contributed by atoms with Gasteiger partial charge in [-0.15, -0.1) is 0 Å². The highest BCUT2D eigenvalue weighted by atomic mass is 19.1. The van der Waals surface area contributed by atoms with Gasteiger partial charge in [0.25, 0.3) is 5.91 Å². The molecule has 2 aromatic rings. The fraction of sp³-hybridized carbons (Fsp3) is 0.154. The van der Waals surface area contributed by atoms with E-state index in [0.717, 1.165) is 0 Å². The van der Waals surface area contributed by atoms with E-state index in [1.165, 1.54) is 35.1 Å². The molecule has 6 heteroatoms. The molecule has 0 spiro atoms. The van der Waals surface area contributed by atoms with Crippen LogP contribution in [-0.4, -0.2) is 15.7 Å². The van der Waals surface area contributed by atoms with Crippen molar-refractivity contribution < 1.29 is 9.18 Å². The van der Waals surface area contributed by atoms with Gasteiger partial charge in [-0.1, -0.05) is 0 Å². The highest BCUT2D eigenvalue weighted by molar-refractivity contribution is 5.98. The molecule has 0 unspecified atom stereocenters. The molecule has 1 amide bonds. The van der Waals surface area contributed by atoms with E-state index >= 15 is 0 Å². The lowest BCUT2D eigenvalue weighted by molar-refractivity contribution is 0.100. The van der Waals surface area contributed by atoms with Crippen LogP contribution >= 0.6 is 0 Å². The largest absolute Gasteiger partial charge is 0.365 e. The van der Waals surface area contributed by atoms with E-state index < -0.39 is 5.91 Å². The highest BCUT2D eigenvalue weighted by Gasteiger charge is 2.15. The topological polar surface area (TPSA) is 84.7 Å². The minimum Gasteiger partial charge on any atom is -0.365 e. The van der Waals surface area contributed by atoms with Crippen LogP contribution in [0.3, 0.4) is 0 Å². The number of nitrogens with zero attached hydrogens (tertiary/aromatic N) is 3. The number of carbonyl (C=O) groups is 1. The van der Waals surface area contributed by atoms with E-state index in [4.69, 9.17) is 11.0 Å². The molecule has 0 aliphatic carbocycles. The summed E-state index contributed by atoms with van der Waals surface area (Å²) in [6.45, 7) is 0.373. The fourth-order valence-corrected chi connectivity index (χ4v) is 1.70. The maximum Gasteiger partial charge on any atom is 0.252 e. The average molecular weight is 258 g/mol. The molecule has 2 rings (SSSR count). The molecule has 0 aliphatic heterocycles. The van der Waals surface area contributed by atoms with Crippen molar-refractivity contribution in [2.24, 2.45) is 5.73 Å². The van der Waals surface area contributed by atoms with Gasteiger partial charge in [-0.2, -0.15) is 10.4 Å². The van der Waals surface area contributed by atoms with Crippen molar-refractivity contribution in [3.05, 3.63) is 41.8 Å². The Morgan fingerprint density at radius 1 is 1.42 bits per heavy atom. The number of aromatic nitrogens is 2. The number of hydrogen-bond donors (Lipinski definition) is 1. The van der Waals surface area contributed by atoms with E-state index in [2.05, 4.69) is 5.10 Å². The van der Waals surface area contributed by atoms with Crippen LogP contribution in [0.1, 0.15) is 16.8 Å². The molecule has 5 nitrogen and oxygen atoms in total. The molecule has 0 aliphatic rings. The summed E-state index contributed by atoms with van der Waals surface area (Å²) in [4.78, 5) is 11.4. The monoisotopic (exact) mass is 258 g/mol. The van der Waals surface area contributed by atoms with Gasteiger partial charge in [0.2, 0.25) is 0 Å². The van der Waals surface area contributed by atoms with Crippen LogP contribution in [0.25, 0.3) is 11.3 Å². The summed E-state index contributed by atoms with van der Waals surface area (Å²) >= 11 is 0. The third-order valence-corrected chi connectivity index (χ3v) is 2.60. The standard InChI is InChI=1S/C13H11FN4O/c14-10-4-2-9(3-5-10)12-11(13(16)19)8-18(17-12)7-1-6-15/h2-5,8H,1,7H2,(H2,16,19). The van der Waals surface area contributed by atoms with E-state index in [0.29, 0.717) is 17.8 Å². The van der Waals surface area contributed by atoms with Gasteiger partial charge >= 0.3 is 0 Å². The molecule has 0 saturated heterocycles. The smallest absolute Gasteiger partial charge is 0.252 e. The Morgan fingerprint density at radius 3 is 2.68 bits per heavy atom. The van der Waals surface area contributed by atoms with Crippen molar-refractivity contribution in [3.8, 4) is 17.3 Å². The van der Waals surface area contributed by atoms with Crippen LogP contribution in [0.2, 0.25) is 0 Å². The number of halogens is 1. The number of carbonyl (C=O) groups excluding carboxylic acids is 1. The Labute approximate surface area is 109 Å². The Bertz CT molecular complexity index is 640. The van der Waals surface area contributed by atoms with Crippen LogP contribution in [-0.2, 0) is 6.54 Å². The van der Waals surface area contributed by atoms with Crippen LogP contribution in [0.4, 0.5) is 4.39 Å². The summed E-state index contributed by atoms with van der Waals surface area (Å²) in [6, 6.07) is 7.62. The predicted molar refractivity (Wildman–Crippen MR) is 66.4 cm³/mol. The first-order valence-corrected chi connectivity index (χ1v) is 5.62. The summed E-state index contributed by atoms with van der Waals surface area (Å²) in [5.74, 6) is -0.976. The van der Waals surface area contributed by atoms with Gasteiger partial charge in [0, 0.05) is 11.8 Å². The molecule has 1 aromatic carbocycles. The van der Waals surface area contributed by atoms with Crippen LogP contribution in [0.5, 0.6) is 0 Å². The van der Waals surface area contributed by atoms with Crippen LogP contribution < -0.4 is 5.73 Å². The molecule has 1 heterocycles. The maximum absolute atomic E-state index is 12.9. The van der Waals surface area contributed by atoms with E-state index in [9.17, 15) is 9.18 Å². The van der Waals surface area contributed by atoms with Gasteiger partial charge in [0.1, 0.15) is 11.5 Å². The Morgan fingerprint density at radius 2 is 2.11 bits per heavy atom. The maximum atomic E-state index is 12.9. The number of amides is 1. The molecule has 0 saturated carbocycles. The summed E-state index contributed by atoms with van der Waals surface area (Å²) in [6.07, 6.45) is 1.78. The third kappa shape index (κ3) is 2.77. The van der Waals surface area contributed by atoms with Crippen LogP contribution in [0.15, 0.2) is 30.5 Å². The van der Waals surface area contributed by atoms with Crippen molar-refractivity contribution in [2.75, 3.05) is 0 Å². The predicted octanol–water partition coefficient (Wildman–Crippen LogP) is 1.70. The number of primary amides is 1. The van der Waals surface area contributed by atoms with Gasteiger partial charge in [0.15, 0.2) is 0 Å². The first kappa shape index (κ1) is 12.8. The second-order valence-electron chi connectivity index (χ2n) is 3.93. The zero-order chi connectivity index (χ0) is 13.8. The lowest BCUT2D eigenvalue weighted by Crippen LogP contribution is -2.11. The molecule has 0 radical (unpaired) electrons. The van der Waals surface area contributed by atoms with Gasteiger partial charge in [-0.3, -0.25) is 9.48 Å². The van der Waals surface area contributed by atoms with Crippen molar-refractivity contribution >= 4 is 5.91 Å². The normalized spacial score (nSPS) is 10.1. The van der Waals surface area contributed by atoms with Crippen LogP contribution in [0, 0.1) is 17.1 Å². The van der Waals surface area contributed by atoms with E-state index in [1.807, 2.05) is 6.07 Å². The highest BCUT2D eigenvalue weighted by Crippen LogP contribution is 2.22. The zero-order valence-electron chi connectivity index (χ0n) is 10.0. The first-order chi connectivity index (χ1) is 9.11. The van der Waals surface area contributed by atoms with Crippen molar-refractivity contribution in [1.29, 1.82) is 5.26 Å². The number of rotatable bonds is 4. The van der Waals surface area contributed by atoms with Crippen molar-refractivity contribution in [3.63, 3.8) is 0 Å². The summed E-state index contributed by atoms with van der Waals surface area (Å²) in [5, 5.41) is 12.7. The van der Waals surface area contributed by atoms with E-state index in [1.54, 1.807) is 0 Å². The zero-order valence-corrected chi connectivity index (χ0v) is 10.0. The molecular weight excluding hydrogens is 247 g/mol. The molecule has 1 aromatic heterocycles. The number of nitriles is 1. The van der Waals surface area contributed by atoms with Crippen molar-refractivity contribution in [1.82, 2.24) is 9.78 Å². The molecule has 0 fully saturated rings. The minimum atomic E-state index is -0.609. The number of aryl methyl sites for hydroxylation is 1. The average Bonchev–Trinajstić information content (AvgIpc) is 2.81. The molecule has 96 valence electrons. The van der Waals surface area contributed by atoms with Gasteiger partial charge in [0.05, 0.1) is 24.6 Å². The molecule has 0 bridgehead atoms. The van der Waals surface area contributed by atoms with Gasteiger partial charge in [-0.25, -0.2) is 4.39 Å². The Balaban J connectivity index is 2.43. The number of hydrogen-bond acceptors (Lipinski definition) is 3. The molecular formula is C13H11FN4O. The Hall–Kier alpha value is -2.68. The molecule has 19 heavy (non-hydrogen) atoms. The third-order valence-electron chi connectivity index (χ3n) is 2.60. The second kappa shape index (κ2) is 5.31.